The summed E-state index contributed by atoms with van der Waals surface area (Å²) in [5.41, 5.74) is 1.34. The van der Waals surface area contributed by atoms with E-state index in [-0.39, 0.29) is 0 Å². The van der Waals surface area contributed by atoms with Crippen LogP contribution < -0.4 is 5.32 Å². The first-order chi connectivity index (χ1) is 6.93. The third-order valence-corrected chi connectivity index (χ3v) is 4.63. The minimum Gasteiger partial charge on any atom is -0.372 e. The van der Waals surface area contributed by atoms with Crippen LogP contribution in [0.5, 0.6) is 0 Å². The molecule has 1 heterocycles. The lowest BCUT2D eigenvalue weighted by molar-refractivity contribution is 0.554. The number of anilines is 1. The molecule has 0 bridgehead atoms. The third kappa shape index (κ3) is 1.42. The molecule has 1 nitrogen and oxygen atoms in total. The summed E-state index contributed by atoms with van der Waals surface area (Å²) in [6, 6.07) is 8.66. The molecule has 2 aliphatic rings. The first kappa shape index (κ1) is 8.66. The maximum atomic E-state index is 3.64. The lowest BCUT2D eigenvalue weighted by atomic mass is 10.1. The van der Waals surface area contributed by atoms with Gasteiger partial charge < -0.3 is 5.32 Å². The summed E-state index contributed by atoms with van der Waals surface area (Å²) in [6.07, 6.45) is 5.69. The lowest BCUT2D eigenvalue weighted by Gasteiger charge is -2.17. The van der Waals surface area contributed by atoms with Crippen molar-refractivity contribution < 1.29 is 0 Å². The molecule has 1 fully saturated rings. The van der Waals surface area contributed by atoms with E-state index in [1.54, 1.807) is 0 Å². The predicted octanol–water partition coefficient (Wildman–Crippen LogP) is 3.72. The molecule has 2 heteroatoms. The van der Waals surface area contributed by atoms with E-state index in [0.29, 0.717) is 5.37 Å². The zero-order valence-corrected chi connectivity index (χ0v) is 9.02. The van der Waals surface area contributed by atoms with Gasteiger partial charge in [-0.3, -0.25) is 0 Å². The van der Waals surface area contributed by atoms with E-state index in [1.165, 1.54) is 36.3 Å². The molecule has 0 amide bonds. The second-order valence-electron chi connectivity index (χ2n) is 4.22. The van der Waals surface area contributed by atoms with Crippen LogP contribution in [0, 0.1) is 5.92 Å². The molecule has 0 radical (unpaired) electrons. The number of fused-ring (bicyclic) bond motifs is 1. The van der Waals surface area contributed by atoms with Crippen LogP contribution in [0.25, 0.3) is 0 Å². The van der Waals surface area contributed by atoms with Crippen molar-refractivity contribution in [2.45, 2.75) is 36.0 Å². The predicted molar refractivity (Wildman–Crippen MR) is 61.7 cm³/mol. The Morgan fingerprint density at radius 3 is 2.71 bits per heavy atom. The van der Waals surface area contributed by atoms with Crippen LogP contribution in [0.15, 0.2) is 29.2 Å². The van der Waals surface area contributed by atoms with Gasteiger partial charge in [-0.25, -0.2) is 0 Å². The highest BCUT2D eigenvalue weighted by atomic mass is 32.2. The van der Waals surface area contributed by atoms with Crippen LogP contribution in [0.3, 0.4) is 0 Å². The van der Waals surface area contributed by atoms with Gasteiger partial charge in [-0.1, -0.05) is 36.7 Å². The topological polar surface area (TPSA) is 12.0 Å². The summed E-state index contributed by atoms with van der Waals surface area (Å²) in [6.45, 7) is 0. The Balaban J connectivity index is 1.77. The van der Waals surface area contributed by atoms with Crippen LogP contribution in [-0.4, -0.2) is 5.37 Å². The van der Waals surface area contributed by atoms with Crippen LogP contribution >= 0.6 is 11.8 Å². The molecule has 1 aliphatic heterocycles. The molecule has 1 saturated carbocycles. The average Bonchev–Trinajstić information content (AvgIpc) is 2.86. The Labute approximate surface area is 89.3 Å². The van der Waals surface area contributed by atoms with E-state index >= 15 is 0 Å². The summed E-state index contributed by atoms with van der Waals surface area (Å²) in [5, 5.41) is 4.29. The third-order valence-electron chi connectivity index (χ3n) is 3.27. The highest BCUT2D eigenvalue weighted by molar-refractivity contribution is 8.00. The monoisotopic (exact) mass is 205 g/mol. The van der Waals surface area contributed by atoms with Crippen molar-refractivity contribution in [1.29, 1.82) is 0 Å². The quantitative estimate of drug-likeness (QED) is 0.750. The molecule has 0 aromatic heterocycles. The van der Waals surface area contributed by atoms with Crippen molar-refractivity contribution >= 4 is 17.4 Å². The van der Waals surface area contributed by atoms with Crippen LogP contribution in [-0.2, 0) is 0 Å². The molecule has 14 heavy (non-hydrogen) atoms. The highest BCUT2D eigenvalue weighted by Crippen LogP contribution is 2.44. The Bertz CT molecular complexity index is 306. The number of benzene rings is 1. The summed E-state index contributed by atoms with van der Waals surface area (Å²) < 4.78 is 0. The van der Waals surface area contributed by atoms with Gasteiger partial charge in [0.25, 0.3) is 0 Å². The first-order valence-electron chi connectivity index (χ1n) is 5.46. The Kier molecular flexibility index (Phi) is 2.17. The number of hydrogen-bond acceptors (Lipinski definition) is 2. The molecular formula is C12H15NS. The normalized spacial score (nSPS) is 26.1. The largest absolute Gasteiger partial charge is 0.372 e. The van der Waals surface area contributed by atoms with Crippen molar-refractivity contribution in [3.8, 4) is 0 Å². The standard InChI is InChI=1S/C12H15NS/c1-2-6-9(5-1)12-13-10-7-3-4-8-11(10)14-12/h3-4,7-9,12-13H,1-2,5-6H2. The maximum absolute atomic E-state index is 3.64. The molecule has 1 aromatic carbocycles. The summed E-state index contributed by atoms with van der Waals surface area (Å²) in [4.78, 5) is 1.43. The summed E-state index contributed by atoms with van der Waals surface area (Å²) in [7, 11) is 0. The zero-order chi connectivity index (χ0) is 9.38. The van der Waals surface area contributed by atoms with Crippen LogP contribution in [0.4, 0.5) is 5.69 Å². The van der Waals surface area contributed by atoms with Gasteiger partial charge in [0.2, 0.25) is 0 Å². The van der Waals surface area contributed by atoms with E-state index in [0.717, 1.165) is 5.92 Å². The first-order valence-corrected chi connectivity index (χ1v) is 6.34. The van der Waals surface area contributed by atoms with Gasteiger partial charge >= 0.3 is 0 Å². The summed E-state index contributed by atoms with van der Waals surface area (Å²) in [5.74, 6) is 0.896. The molecule has 1 atom stereocenters. The molecule has 1 aromatic rings. The van der Waals surface area contributed by atoms with Gasteiger partial charge in [0.05, 0.1) is 5.37 Å². The lowest BCUT2D eigenvalue weighted by Crippen LogP contribution is -2.19. The number of hydrogen-bond donors (Lipinski definition) is 1. The molecule has 1 unspecified atom stereocenters. The molecule has 1 aliphatic carbocycles. The van der Waals surface area contributed by atoms with Crippen molar-refractivity contribution in [3.63, 3.8) is 0 Å². The van der Waals surface area contributed by atoms with Gasteiger partial charge in [-0.05, 0) is 30.9 Å². The number of rotatable bonds is 1. The highest BCUT2D eigenvalue weighted by Gasteiger charge is 2.30. The Morgan fingerprint density at radius 2 is 1.93 bits per heavy atom. The second kappa shape index (κ2) is 3.50. The van der Waals surface area contributed by atoms with Crippen LogP contribution in [0.1, 0.15) is 25.7 Å². The van der Waals surface area contributed by atoms with Crippen molar-refractivity contribution in [1.82, 2.24) is 0 Å². The molecule has 74 valence electrons. The summed E-state index contributed by atoms with van der Waals surface area (Å²) >= 11 is 2.02. The van der Waals surface area contributed by atoms with Gasteiger partial charge in [0.1, 0.15) is 0 Å². The van der Waals surface area contributed by atoms with E-state index < -0.39 is 0 Å². The Hall–Kier alpha value is -0.630. The smallest absolute Gasteiger partial charge is 0.0798 e. The fourth-order valence-electron chi connectivity index (χ4n) is 2.48. The van der Waals surface area contributed by atoms with Gasteiger partial charge in [-0.2, -0.15) is 0 Å². The molecule has 1 N–H and O–H groups in total. The number of nitrogens with one attached hydrogen (secondary N) is 1. The van der Waals surface area contributed by atoms with E-state index in [1.807, 2.05) is 11.8 Å². The van der Waals surface area contributed by atoms with Gasteiger partial charge in [0.15, 0.2) is 0 Å². The fourth-order valence-corrected chi connectivity index (χ4v) is 3.82. The van der Waals surface area contributed by atoms with Crippen molar-refractivity contribution in [2.24, 2.45) is 5.92 Å². The molecule has 0 spiro atoms. The molecule has 3 rings (SSSR count). The average molecular weight is 205 g/mol. The van der Waals surface area contributed by atoms with Crippen molar-refractivity contribution in [2.75, 3.05) is 5.32 Å². The minimum absolute atomic E-state index is 0.648. The molecular weight excluding hydrogens is 190 g/mol. The van der Waals surface area contributed by atoms with E-state index in [2.05, 4.69) is 29.6 Å². The fraction of sp³-hybridized carbons (Fsp3) is 0.500. The van der Waals surface area contributed by atoms with Gasteiger partial charge in [-0.15, -0.1) is 0 Å². The Morgan fingerprint density at radius 1 is 1.14 bits per heavy atom. The van der Waals surface area contributed by atoms with Crippen LogP contribution in [0.2, 0.25) is 0 Å². The van der Waals surface area contributed by atoms with Gasteiger partial charge in [0, 0.05) is 10.6 Å². The van der Waals surface area contributed by atoms with Crippen molar-refractivity contribution in [3.05, 3.63) is 24.3 Å². The van der Waals surface area contributed by atoms with E-state index in [9.17, 15) is 0 Å². The number of para-hydroxylation sites is 1. The maximum Gasteiger partial charge on any atom is 0.0798 e. The van der Waals surface area contributed by atoms with E-state index in [4.69, 9.17) is 0 Å². The molecule has 0 saturated heterocycles. The second-order valence-corrected chi connectivity index (χ2v) is 5.41. The number of thioether (sulfide) groups is 1. The zero-order valence-electron chi connectivity index (χ0n) is 8.20. The minimum atomic E-state index is 0.648. The SMILES string of the molecule is c1ccc2c(c1)NC(C1CCCC1)S2.